The van der Waals surface area contributed by atoms with Gasteiger partial charge in [0, 0.05) is 120 Å². The summed E-state index contributed by atoms with van der Waals surface area (Å²) in [6.07, 6.45) is 20.7. The van der Waals surface area contributed by atoms with Crippen molar-refractivity contribution in [3.05, 3.63) is 94.9 Å². The van der Waals surface area contributed by atoms with E-state index in [0.717, 1.165) is 152 Å². The highest BCUT2D eigenvalue weighted by atomic mass is 16.2. The number of hydrogen-bond donors (Lipinski definition) is 2. The van der Waals surface area contributed by atoms with Crippen LogP contribution in [0.1, 0.15) is 121 Å². The van der Waals surface area contributed by atoms with E-state index >= 15 is 0 Å². The number of benzene rings is 1. The third kappa shape index (κ3) is 12.3. The number of carbonyl (C=O) groups excluding carboxylic acids is 5. The van der Waals surface area contributed by atoms with Crippen molar-refractivity contribution in [1.29, 1.82) is 0 Å². The zero-order chi connectivity index (χ0) is 45.7. The summed E-state index contributed by atoms with van der Waals surface area (Å²) in [6, 6.07) is 13.3. The Morgan fingerprint density at radius 3 is 2.42 bits per heavy atom. The zero-order valence-corrected chi connectivity index (χ0v) is 38.3. The van der Waals surface area contributed by atoms with Gasteiger partial charge in [-0.1, -0.05) is 43.2 Å². The number of unbranched alkanes of at least 4 members (excludes halogenated alkanes) is 4. The topological polar surface area (TPSA) is 151 Å². The second-order valence-corrected chi connectivity index (χ2v) is 18.5. The van der Waals surface area contributed by atoms with E-state index in [1.807, 2.05) is 41.3 Å². The van der Waals surface area contributed by atoms with Gasteiger partial charge in [-0.2, -0.15) is 0 Å². The Kier molecular flexibility index (Phi) is 16.3. The molecule has 4 fully saturated rings. The van der Waals surface area contributed by atoms with Gasteiger partial charge >= 0.3 is 0 Å². The molecular weight excluding hydrogens is 831 g/mol. The lowest BCUT2D eigenvalue weighted by Gasteiger charge is -2.43. The molecule has 1 atom stereocenters. The van der Waals surface area contributed by atoms with Crippen LogP contribution in [0.15, 0.2) is 67.1 Å². The van der Waals surface area contributed by atoms with E-state index in [2.05, 4.69) is 42.2 Å². The van der Waals surface area contributed by atoms with Crippen molar-refractivity contribution in [2.24, 2.45) is 5.92 Å². The maximum absolute atomic E-state index is 13.4. The van der Waals surface area contributed by atoms with E-state index in [1.54, 1.807) is 41.7 Å². The standard InChI is InChI=1S/C52H65N9O5/c62-48(19-15-40-11-9-25-53-36-40)54-26-6-5-10-39-21-28-60(29-22-39)51(65)42-16-18-47(55-37-42)59-30-23-43(24-31-59)58-34-32-57(33-35-58)27-7-3-1-2-4-12-41-13-8-14-44-45(41)38-61(52(44)66)46-17-20-49(63)56-50(46)64/h8-9,11,13-16,18-19,25,36-37,39,43,46H,1-3,5-7,10,17,20-24,26-35,38H2,(H,54,62)(H,56,63,64)/b19-15+. The molecule has 14 nitrogen and oxygen atoms in total. The SMILES string of the molecule is O=C(/C=C/c1cccnc1)NCCCCC1CCN(C(=O)c2ccc(N3CCC(N4CCN(CCCCCC#Cc5cccc6c5CN(C5CCC(=O)NC5=O)C6=O)CC4)CC3)nc2)CC1. The van der Waals surface area contributed by atoms with Crippen molar-refractivity contribution < 1.29 is 24.0 Å². The predicted octanol–water partition coefficient (Wildman–Crippen LogP) is 5.29. The molecule has 1 unspecified atom stereocenters. The molecule has 7 heterocycles. The number of carbonyl (C=O) groups is 5. The molecule has 66 heavy (non-hydrogen) atoms. The molecule has 4 saturated heterocycles. The van der Waals surface area contributed by atoms with E-state index in [0.29, 0.717) is 42.6 Å². The van der Waals surface area contributed by atoms with E-state index in [9.17, 15) is 24.0 Å². The van der Waals surface area contributed by atoms with Gasteiger partial charge in [0.15, 0.2) is 0 Å². The molecule has 0 aliphatic carbocycles. The summed E-state index contributed by atoms with van der Waals surface area (Å²) in [7, 11) is 0. The number of nitrogens with zero attached hydrogens (tertiary/aromatic N) is 7. The molecule has 5 aliphatic heterocycles. The number of rotatable bonds is 16. The lowest BCUT2D eigenvalue weighted by Crippen LogP contribution is -2.53. The van der Waals surface area contributed by atoms with Gasteiger partial charge in [0.1, 0.15) is 11.9 Å². The van der Waals surface area contributed by atoms with E-state index in [-0.39, 0.29) is 30.0 Å². The Hall–Kier alpha value is -5.91. The Labute approximate surface area is 389 Å². The number of anilines is 1. The van der Waals surface area contributed by atoms with Crippen LogP contribution in [0.3, 0.4) is 0 Å². The van der Waals surface area contributed by atoms with Gasteiger partial charge < -0.3 is 24.9 Å². The Morgan fingerprint density at radius 2 is 1.67 bits per heavy atom. The Balaban J connectivity index is 0.662. The maximum Gasteiger partial charge on any atom is 0.255 e. The third-order valence-electron chi connectivity index (χ3n) is 14.1. The number of imide groups is 1. The molecular formula is C52H65N9O5. The minimum atomic E-state index is -0.620. The van der Waals surface area contributed by atoms with Gasteiger partial charge in [0.05, 0.1) is 5.56 Å². The van der Waals surface area contributed by atoms with Gasteiger partial charge in [0.2, 0.25) is 17.7 Å². The summed E-state index contributed by atoms with van der Waals surface area (Å²) >= 11 is 0. The summed E-state index contributed by atoms with van der Waals surface area (Å²) in [5, 5.41) is 5.33. The Morgan fingerprint density at radius 1 is 0.833 bits per heavy atom. The van der Waals surface area contributed by atoms with Crippen LogP contribution in [0.25, 0.3) is 6.08 Å². The Bertz CT molecular complexity index is 2250. The maximum atomic E-state index is 13.4. The molecule has 5 amide bonds. The minimum Gasteiger partial charge on any atom is -0.357 e. The first-order chi connectivity index (χ1) is 32.3. The number of likely N-dealkylation sites (tertiary alicyclic amines) is 1. The molecule has 8 rings (SSSR count). The highest BCUT2D eigenvalue weighted by molar-refractivity contribution is 6.05. The lowest BCUT2D eigenvalue weighted by atomic mass is 9.91. The van der Waals surface area contributed by atoms with Crippen LogP contribution in [-0.4, -0.2) is 137 Å². The number of aromatic nitrogens is 2. The molecule has 5 aliphatic rings. The van der Waals surface area contributed by atoms with Crippen molar-refractivity contribution >= 4 is 41.4 Å². The van der Waals surface area contributed by atoms with Gasteiger partial charge in [-0.3, -0.25) is 39.2 Å². The first kappa shape index (κ1) is 46.6. The van der Waals surface area contributed by atoms with Crippen LogP contribution in [-0.2, 0) is 20.9 Å². The lowest BCUT2D eigenvalue weighted by molar-refractivity contribution is -0.137. The molecule has 3 aromatic rings. The molecule has 14 heteroatoms. The second kappa shape index (κ2) is 23.0. The molecule has 0 saturated carbocycles. The van der Waals surface area contributed by atoms with Crippen molar-refractivity contribution in [2.75, 3.05) is 70.3 Å². The summed E-state index contributed by atoms with van der Waals surface area (Å²) in [5.41, 5.74) is 3.89. The summed E-state index contributed by atoms with van der Waals surface area (Å²) < 4.78 is 0. The zero-order valence-electron chi connectivity index (χ0n) is 38.3. The van der Waals surface area contributed by atoms with Crippen LogP contribution < -0.4 is 15.5 Å². The van der Waals surface area contributed by atoms with Crippen LogP contribution in [0.5, 0.6) is 0 Å². The normalized spacial score (nSPS) is 20.0. The van der Waals surface area contributed by atoms with Gasteiger partial charge in [-0.25, -0.2) is 4.98 Å². The molecule has 1 aromatic carbocycles. The average Bonchev–Trinajstić information content (AvgIpc) is 3.69. The first-order valence-electron chi connectivity index (χ1n) is 24.4. The number of piperidine rings is 3. The fraction of sp³-hybridized carbons (Fsp3) is 0.519. The van der Waals surface area contributed by atoms with Crippen LogP contribution in [0, 0.1) is 17.8 Å². The van der Waals surface area contributed by atoms with Crippen LogP contribution >= 0.6 is 0 Å². The quantitative estimate of drug-likeness (QED) is 0.0841. The highest BCUT2D eigenvalue weighted by Crippen LogP contribution is 2.30. The monoisotopic (exact) mass is 896 g/mol. The number of hydrogen-bond acceptors (Lipinski definition) is 10. The minimum absolute atomic E-state index is 0.0765. The molecule has 2 aromatic heterocycles. The fourth-order valence-corrected chi connectivity index (χ4v) is 10.2. The van der Waals surface area contributed by atoms with Crippen molar-refractivity contribution in [2.45, 2.75) is 102 Å². The molecule has 0 bridgehead atoms. The first-order valence-corrected chi connectivity index (χ1v) is 24.4. The van der Waals surface area contributed by atoms with Gasteiger partial charge in [0.25, 0.3) is 11.8 Å². The number of pyridine rings is 2. The number of fused-ring (bicyclic) bond motifs is 1. The molecule has 0 spiro atoms. The van der Waals surface area contributed by atoms with E-state index in [4.69, 9.17) is 4.98 Å². The number of nitrogens with one attached hydrogen (secondary N) is 2. The third-order valence-corrected chi connectivity index (χ3v) is 14.1. The summed E-state index contributed by atoms with van der Waals surface area (Å²) in [6.45, 7) is 10.1. The highest BCUT2D eigenvalue weighted by Gasteiger charge is 2.40. The molecule has 2 N–H and O–H groups in total. The van der Waals surface area contributed by atoms with Crippen LogP contribution in [0.4, 0.5) is 5.82 Å². The van der Waals surface area contributed by atoms with Crippen molar-refractivity contribution in [1.82, 2.24) is 40.2 Å². The predicted molar refractivity (Wildman–Crippen MR) is 254 cm³/mol. The van der Waals surface area contributed by atoms with Crippen molar-refractivity contribution in [3.8, 4) is 11.8 Å². The van der Waals surface area contributed by atoms with Gasteiger partial charge in [-0.15, -0.1) is 0 Å². The molecule has 348 valence electrons. The van der Waals surface area contributed by atoms with Crippen LogP contribution in [0.2, 0.25) is 0 Å². The fourth-order valence-electron chi connectivity index (χ4n) is 10.2. The smallest absolute Gasteiger partial charge is 0.255 e. The second-order valence-electron chi connectivity index (χ2n) is 18.5. The number of piperazine rings is 1. The largest absolute Gasteiger partial charge is 0.357 e. The number of amides is 5. The summed E-state index contributed by atoms with van der Waals surface area (Å²) in [5.74, 6) is 7.34. The summed E-state index contributed by atoms with van der Waals surface area (Å²) in [4.78, 5) is 82.7. The molecule has 0 radical (unpaired) electrons. The van der Waals surface area contributed by atoms with E-state index in [1.165, 1.54) is 0 Å². The van der Waals surface area contributed by atoms with Gasteiger partial charge in [-0.05, 0) is 111 Å². The van der Waals surface area contributed by atoms with Crippen molar-refractivity contribution in [3.63, 3.8) is 0 Å². The average molecular weight is 896 g/mol. The van der Waals surface area contributed by atoms with E-state index < -0.39 is 11.9 Å².